The summed E-state index contributed by atoms with van der Waals surface area (Å²) in [5.74, 6) is 0.715. The first-order chi connectivity index (χ1) is 15.8. The molecule has 1 atom stereocenters. The second kappa shape index (κ2) is 11.7. The van der Waals surface area contributed by atoms with E-state index in [0.29, 0.717) is 26.2 Å². The number of hydrogen-bond donors (Lipinski definition) is 0. The van der Waals surface area contributed by atoms with Crippen LogP contribution in [-0.2, 0) is 33.7 Å². The standard InChI is InChI=1S/C28H39NO4/c1-6-21-9-8-10-22(7-2)25(21)20-32-24-13-11-23(12-14-24)26-19-29(17-18-31-26)16-15-27(30)33-28(3,4)5/h8-14,26H,6-7,15-20H2,1-5H3. The van der Waals surface area contributed by atoms with Crippen LogP contribution in [0.4, 0.5) is 0 Å². The van der Waals surface area contributed by atoms with Crippen molar-refractivity contribution in [3.05, 3.63) is 64.7 Å². The normalized spacial score (nSPS) is 17.1. The number of morpholine rings is 1. The molecule has 1 aliphatic rings. The van der Waals surface area contributed by atoms with Gasteiger partial charge in [-0.3, -0.25) is 9.69 Å². The monoisotopic (exact) mass is 453 g/mol. The molecular weight excluding hydrogens is 414 g/mol. The van der Waals surface area contributed by atoms with E-state index >= 15 is 0 Å². The first-order valence-electron chi connectivity index (χ1n) is 12.2. The van der Waals surface area contributed by atoms with E-state index in [-0.39, 0.29) is 12.1 Å². The van der Waals surface area contributed by atoms with E-state index in [4.69, 9.17) is 14.2 Å². The molecule has 2 aromatic rings. The van der Waals surface area contributed by atoms with Crippen molar-refractivity contribution in [2.24, 2.45) is 0 Å². The van der Waals surface area contributed by atoms with Gasteiger partial charge in [0, 0.05) is 19.6 Å². The average molecular weight is 454 g/mol. The maximum absolute atomic E-state index is 12.0. The van der Waals surface area contributed by atoms with Crippen molar-refractivity contribution in [3.63, 3.8) is 0 Å². The molecule has 0 spiro atoms. The minimum Gasteiger partial charge on any atom is -0.489 e. The van der Waals surface area contributed by atoms with Gasteiger partial charge in [0.1, 0.15) is 18.0 Å². The minimum atomic E-state index is -0.439. The molecule has 5 nitrogen and oxygen atoms in total. The molecule has 1 aliphatic heterocycles. The Morgan fingerprint density at radius 1 is 1.06 bits per heavy atom. The van der Waals surface area contributed by atoms with Crippen LogP contribution in [0.25, 0.3) is 0 Å². The van der Waals surface area contributed by atoms with E-state index in [1.807, 2.05) is 32.9 Å². The van der Waals surface area contributed by atoms with Gasteiger partial charge in [-0.1, -0.05) is 44.2 Å². The number of ether oxygens (including phenoxy) is 3. The SMILES string of the molecule is CCc1cccc(CC)c1COc1ccc(C2CN(CCC(=O)OC(C)(C)C)CCO2)cc1. The van der Waals surface area contributed by atoms with Crippen LogP contribution in [0.15, 0.2) is 42.5 Å². The van der Waals surface area contributed by atoms with E-state index in [9.17, 15) is 4.79 Å². The molecule has 1 fully saturated rings. The summed E-state index contributed by atoms with van der Waals surface area (Å²) >= 11 is 0. The number of carbonyl (C=O) groups is 1. The van der Waals surface area contributed by atoms with Gasteiger partial charge in [0.2, 0.25) is 0 Å². The zero-order valence-electron chi connectivity index (χ0n) is 20.9. The van der Waals surface area contributed by atoms with Crippen molar-refractivity contribution >= 4 is 5.97 Å². The van der Waals surface area contributed by atoms with Crippen molar-refractivity contribution < 1.29 is 19.0 Å². The lowest BCUT2D eigenvalue weighted by Crippen LogP contribution is -2.39. The van der Waals surface area contributed by atoms with Crippen LogP contribution in [-0.4, -0.2) is 42.7 Å². The number of benzene rings is 2. The molecule has 3 rings (SSSR count). The molecule has 0 aliphatic carbocycles. The first kappa shape index (κ1) is 25.3. The molecule has 2 aromatic carbocycles. The van der Waals surface area contributed by atoms with E-state index < -0.39 is 5.60 Å². The third-order valence-electron chi connectivity index (χ3n) is 5.97. The molecule has 0 radical (unpaired) electrons. The van der Waals surface area contributed by atoms with Crippen LogP contribution in [0.3, 0.4) is 0 Å². The second-order valence-electron chi connectivity index (χ2n) is 9.62. The summed E-state index contributed by atoms with van der Waals surface area (Å²) in [6.45, 7) is 13.6. The maximum Gasteiger partial charge on any atom is 0.307 e. The fourth-order valence-corrected chi connectivity index (χ4v) is 4.22. The predicted octanol–water partition coefficient (Wildman–Crippen LogP) is 5.50. The lowest BCUT2D eigenvalue weighted by molar-refractivity contribution is -0.155. The molecule has 1 heterocycles. The summed E-state index contributed by atoms with van der Waals surface area (Å²) in [6.07, 6.45) is 2.42. The topological polar surface area (TPSA) is 48.0 Å². The van der Waals surface area contributed by atoms with Gasteiger partial charge in [0.05, 0.1) is 19.1 Å². The Balaban J connectivity index is 1.54. The highest BCUT2D eigenvalue weighted by Gasteiger charge is 2.23. The summed E-state index contributed by atoms with van der Waals surface area (Å²) in [4.78, 5) is 14.3. The number of carbonyl (C=O) groups excluding carboxylic acids is 1. The highest BCUT2D eigenvalue weighted by Crippen LogP contribution is 2.26. The fraction of sp³-hybridized carbons (Fsp3) is 0.536. The summed E-state index contributed by atoms with van der Waals surface area (Å²) in [7, 11) is 0. The maximum atomic E-state index is 12.0. The van der Waals surface area contributed by atoms with Crippen molar-refractivity contribution in [3.8, 4) is 5.75 Å². The van der Waals surface area contributed by atoms with Crippen LogP contribution < -0.4 is 4.74 Å². The zero-order chi connectivity index (χ0) is 23.8. The molecular formula is C28H39NO4. The van der Waals surface area contributed by atoms with E-state index in [0.717, 1.165) is 37.2 Å². The Hall–Kier alpha value is -2.37. The Kier molecular flexibility index (Phi) is 8.93. The fourth-order valence-electron chi connectivity index (χ4n) is 4.22. The summed E-state index contributed by atoms with van der Waals surface area (Å²) in [5.41, 5.74) is 4.71. The van der Waals surface area contributed by atoms with Gasteiger partial charge in [-0.05, 0) is 68.0 Å². The van der Waals surface area contributed by atoms with Crippen molar-refractivity contribution in [1.29, 1.82) is 0 Å². The van der Waals surface area contributed by atoms with E-state index in [1.165, 1.54) is 16.7 Å². The van der Waals surface area contributed by atoms with Crippen LogP contribution in [0.2, 0.25) is 0 Å². The van der Waals surface area contributed by atoms with Crippen LogP contribution in [0, 0.1) is 0 Å². The second-order valence-corrected chi connectivity index (χ2v) is 9.62. The number of esters is 1. The third kappa shape index (κ3) is 7.58. The van der Waals surface area contributed by atoms with Crippen molar-refractivity contribution in [2.75, 3.05) is 26.2 Å². The number of rotatable bonds is 9. The lowest BCUT2D eigenvalue weighted by atomic mass is 9.98. The van der Waals surface area contributed by atoms with Gasteiger partial charge in [0.15, 0.2) is 0 Å². The highest BCUT2D eigenvalue weighted by molar-refractivity contribution is 5.70. The number of hydrogen-bond acceptors (Lipinski definition) is 5. The van der Waals surface area contributed by atoms with Gasteiger partial charge in [-0.15, -0.1) is 0 Å². The third-order valence-corrected chi connectivity index (χ3v) is 5.97. The summed E-state index contributed by atoms with van der Waals surface area (Å²) < 4.78 is 17.6. The molecule has 1 saturated heterocycles. The van der Waals surface area contributed by atoms with Crippen LogP contribution in [0.1, 0.15) is 69.4 Å². The lowest BCUT2D eigenvalue weighted by Gasteiger charge is -2.33. The quantitative estimate of drug-likeness (QED) is 0.470. The first-order valence-corrected chi connectivity index (χ1v) is 12.2. The highest BCUT2D eigenvalue weighted by atomic mass is 16.6. The summed E-state index contributed by atoms with van der Waals surface area (Å²) in [6, 6.07) is 14.7. The molecule has 5 heteroatoms. The predicted molar refractivity (Wildman–Crippen MR) is 132 cm³/mol. The van der Waals surface area contributed by atoms with E-state index in [1.54, 1.807) is 0 Å². The molecule has 0 amide bonds. The zero-order valence-corrected chi connectivity index (χ0v) is 20.9. The average Bonchev–Trinajstić information content (AvgIpc) is 2.80. The van der Waals surface area contributed by atoms with Crippen LogP contribution in [0.5, 0.6) is 5.75 Å². The Bertz CT molecular complexity index is 879. The van der Waals surface area contributed by atoms with Gasteiger partial charge >= 0.3 is 5.97 Å². The van der Waals surface area contributed by atoms with Gasteiger partial charge < -0.3 is 14.2 Å². The van der Waals surface area contributed by atoms with Gasteiger partial charge in [0.25, 0.3) is 0 Å². The minimum absolute atomic E-state index is 0.000974. The summed E-state index contributed by atoms with van der Waals surface area (Å²) in [5, 5.41) is 0. The van der Waals surface area contributed by atoms with Gasteiger partial charge in [-0.2, -0.15) is 0 Å². The molecule has 0 N–H and O–H groups in total. The Morgan fingerprint density at radius 3 is 2.33 bits per heavy atom. The smallest absolute Gasteiger partial charge is 0.307 e. The Morgan fingerprint density at radius 2 is 1.73 bits per heavy atom. The number of aryl methyl sites for hydroxylation is 2. The molecule has 33 heavy (non-hydrogen) atoms. The largest absolute Gasteiger partial charge is 0.489 e. The molecule has 0 bridgehead atoms. The van der Waals surface area contributed by atoms with Crippen LogP contribution >= 0.6 is 0 Å². The number of nitrogens with zero attached hydrogens (tertiary/aromatic N) is 1. The van der Waals surface area contributed by atoms with Gasteiger partial charge in [-0.25, -0.2) is 0 Å². The van der Waals surface area contributed by atoms with E-state index in [2.05, 4.69) is 49.1 Å². The Labute approximate surface area is 199 Å². The van der Waals surface area contributed by atoms with Crippen molar-refractivity contribution in [1.82, 2.24) is 4.90 Å². The molecule has 1 unspecified atom stereocenters. The molecule has 0 saturated carbocycles. The molecule has 0 aromatic heterocycles. The molecule has 180 valence electrons. The van der Waals surface area contributed by atoms with Crippen molar-refractivity contribution in [2.45, 2.75) is 72.2 Å².